The first-order valence-corrected chi connectivity index (χ1v) is 8.16. The van der Waals surface area contributed by atoms with Gasteiger partial charge in [0.15, 0.2) is 17.6 Å². The molecule has 0 aliphatic rings. The number of ether oxygens (including phenoxy) is 3. The van der Waals surface area contributed by atoms with Crippen LogP contribution in [0.3, 0.4) is 0 Å². The van der Waals surface area contributed by atoms with Gasteiger partial charge < -0.3 is 19.5 Å². The van der Waals surface area contributed by atoms with E-state index in [0.29, 0.717) is 5.56 Å². The topological polar surface area (TPSA) is 73.9 Å². The predicted molar refractivity (Wildman–Crippen MR) is 92.8 cm³/mol. The summed E-state index contributed by atoms with van der Waals surface area (Å²) in [6, 6.07) is 9.08. The number of halogens is 3. The van der Waals surface area contributed by atoms with Gasteiger partial charge in [0.1, 0.15) is 5.82 Å². The Morgan fingerprint density at radius 1 is 1.07 bits per heavy atom. The Balaban J connectivity index is 1.95. The molecule has 0 aliphatic carbocycles. The van der Waals surface area contributed by atoms with E-state index in [-0.39, 0.29) is 23.6 Å². The second-order valence-corrected chi connectivity index (χ2v) is 5.64. The predicted octanol–water partition coefficient (Wildman–Crippen LogP) is 3.30. The maximum Gasteiger partial charge on any atom is 0.387 e. The van der Waals surface area contributed by atoms with E-state index in [2.05, 4.69) is 10.1 Å². The van der Waals surface area contributed by atoms with Crippen molar-refractivity contribution in [1.29, 1.82) is 0 Å². The molecule has 0 spiro atoms. The fourth-order valence-electron chi connectivity index (χ4n) is 2.21. The lowest BCUT2D eigenvalue weighted by molar-refractivity contribution is -0.129. The summed E-state index contributed by atoms with van der Waals surface area (Å²) in [5.74, 6) is -2.10. The van der Waals surface area contributed by atoms with Crippen LogP contribution in [0.4, 0.5) is 13.2 Å². The van der Waals surface area contributed by atoms with Crippen LogP contribution >= 0.6 is 0 Å². The molecule has 0 heterocycles. The molecule has 6 nitrogen and oxygen atoms in total. The van der Waals surface area contributed by atoms with Crippen LogP contribution in [0.25, 0.3) is 0 Å². The highest BCUT2D eigenvalue weighted by molar-refractivity contribution is 5.92. The standard InChI is InChI=1S/C19H18F3NO5/c1-11(17(24)23-10-12-3-6-14(20)7-4-12)27-18(25)13-5-8-15(28-19(21)22)16(9-13)26-2/h3-9,11,19H,10H2,1-2H3,(H,23,24). The lowest BCUT2D eigenvalue weighted by Gasteiger charge is -2.15. The molecule has 9 heteroatoms. The van der Waals surface area contributed by atoms with Crippen LogP contribution in [0.5, 0.6) is 11.5 Å². The summed E-state index contributed by atoms with van der Waals surface area (Å²) in [5, 5.41) is 2.56. The van der Waals surface area contributed by atoms with E-state index >= 15 is 0 Å². The van der Waals surface area contributed by atoms with Crippen molar-refractivity contribution in [2.24, 2.45) is 0 Å². The van der Waals surface area contributed by atoms with Gasteiger partial charge in [-0.15, -0.1) is 0 Å². The smallest absolute Gasteiger partial charge is 0.387 e. The molecule has 1 unspecified atom stereocenters. The van der Waals surface area contributed by atoms with E-state index in [0.717, 1.165) is 6.07 Å². The van der Waals surface area contributed by atoms with Gasteiger partial charge in [-0.3, -0.25) is 4.79 Å². The Morgan fingerprint density at radius 2 is 1.75 bits per heavy atom. The Labute approximate surface area is 159 Å². The van der Waals surface area contributed by atoms with Crippen molar-refractivity contribution in [2.75, 3.05) is 7.11 Å². The second kappa shape index (κ2) is 9.63. The molecule has 2 aromatic rings. The average Bonchev–Trinajstić information content (AvgIpc) is 2.67. The Hall–Kier alpha value is -3.23. The quantitative estimate of drug-likeness (QED) is 0.692. The van der Waals surface area contributed by atoms with Crippen molar-refractivity contribution in [3.63, 3.8) is 0 Å². The molecule has 2 aromatic carbocycles. The fraction of sp³-hybridized carbons (Fsp3) is 0.263. The molecule has 0 saturated heterocycles. The van der Waals surface area contributed by atoms with E-state index in [4.69, 9.17) is 9.47 Å². The van der Waals surface area contributed by atoms with Crippen molar-refractivity contribution < 1.29 is 37.0 Å². The van der Waals surface area contributed by atoms with Gasteiger partial charge in [0.05, 0.1) is 12.7 Å². The number of amides is 1. The molecule has 28 heavy (non-hydrogen) atoms. The number of benzene rings is 2. The van der Waals surface area contributed by atoms with Gasteiger partial charge in [0.25, 0.3) is 5.91 Å². The van der Waals surface area contributed by atoms with E-state index in [1.807, 2.05) is 0 Å². The van der Waals surface area contributed by atoms with Crippen molar-refractivity contribution in [3.8, 4) is 11.5 Å². The summed E-state index contributed by atoms with van der Waals surface area (Å²) in [6.07, 6.45) is -1.11. The molecule has 0 aromatic heterocycles. The maximum atomic E-state index is 12.9. The van der Waals surface area contributed by atoms with Crippen LogP contribution in [0, 0.1) is 5.82 Å². The van der Waals surface area contributed by atoms with E-state index in [1.54, 1.807) is 0 Å². The molecule has 150 valence electrons. The zero-order chi connectivity index (χ0) is 20.7. The third kappa shape index (κ3) is 5.90. The van der Waals surface area contributed by atoms with Crippen LogP contribution < -0.4 is 14.8 Å². The van der Waals surface area contributed by atoms with E-state index in [9.17, 15) is 22.8 Å². The fourth-order valence-corrected chi connectivity index (χ4v) is 2.21. The largest absolute Gasteiger partial charge is 0.493 e. The number of rotatable bonds is 8. The minimum atomic E-state index is -3.04. The van der Waals surface area contributed by atoms with Gasteiger partial charge in [-0.05, 0) is 42.8 Å². The van der Waals surface area contributed by atoms with Crippen LogP contribution in [0.15, 0.2) is 42.5 Å². The molecule has 1 amide bonds. The van der Waals surface area contributed by atoms with Gasteiger partial charge in [0, 0.05) is 6.54 Å². The van der Waals surface area contributed by atoms with Crippen LogP contribution in [0.1, 0.15) is 22.8 Å². The van der Waals surface area contributed by atoms with Crippen molar-refractivity contribution >= 4 is 11.9 Å². The SMILES string of the molecule is COc1cc(C(=O)OC(C)C(=O)NCc2ccc(F)cc2)ccc1OC(F)F. The molecular weight excluding hydrogens is 379 g/mol. The van der Waals surface area contributed by atoms with Crippen LogP contribution in [-0.2, 0) is 16.1 Å². The zero-order valence-corrected chi connectivity index (χ0v) is 15.1. The number of hydrogen-bond acceptors (Lipinski definition) is 5. The first kappa shape index (κ1) is 21.1. The highest BCUT2D eigenvalue weighted by Crippen LogP contribution is 2.29. The molecule has 1 atom stereocenters. The van der Waals surface area contributed by atoms with Crippen molar-refractivity contribution in [3.05, 3.63) is 59.4 Å². The average molecular weight is 397 g/mol. The minimum absolute atomic E-state index is 0.00310. The Morgan fingerprint density at radius 3 is 2.36 bits per heavy atom. The zero-order valence-electron chi connectivity index (χ0n) is 15.1. The van der Waals surface area contributed by atoms with E-state index in [1.165, 1.54) is 50.4 Å². The normalized spacial score (nSPS) is 11.6. The second-order valence-electron chi connectivity index (χ2n) is 5.64. The highest BCUT2D eigenvalue weighted by Gasteiger charge is 2.20. The molecule has 2 rings (SSSR count). The van der Waals surface area contributed by atoms with E-state index < -0.39 is 30.4 Å². The molecule has 1 N–H and O–H groups in total. The van der Waals surface area contributed by atoms with Gasteiger partial charge in [0.2, 0.25) is 0 Å². The summed E-state index contributed by atoms with van der Waals surface area (Å²) >= 11 is 0. The molecule has 0 fully saturated rings. The first-order chi connectivity index (χ1) is 13.3. The number of methoxy groups -OCH3 is 1. The summed E-state index contributed by atoms with van der Waals surface area (Å²) in [5.41, 5.74) is 0.671. The minimum Gasteiger partial charge on any atom is -0.493 e. The third-order valence-corrected chi connectivity index (χ3v) is 3.65. The summed E-state index contributed by atoms with van der Waals surface area (Å²) in [4.78, 5) is 24.2. The summed E-state index contributed by atoms with van der Waals surface area (Å²) < 4.78 is 51.8. The highest BCUT2D eigenvalue weighted by atomic mass is 19.3. The molecule has 0 aliphatic heterocycles. The summed E-state index contributed by atoms with van der Waals surface area (Å²) in [7, 11) is 1.23. The third-order valence-electron chi connectivity index (χ3n) is 3.65. The van der Waals surface area contributed by atoms with Gasteiger partial charge >= 0.3 is 12.6 Å². The number of hydrogen-bond donors (Lipinski definition) is 1. The van der Waals surface area contributed by atoms with Gasteiger partial charge in [-0.1, -0.05) is 12.1 Å². The van der Waals surface area contributed by atoms with Gasteiger partial charge in [-0.25, -0.2) is 9.18 Å². The van der Waals surface area contributed by atoms with Crippen molar-refractivity contribution in [1.82, 2.24) is 5.32 Å². The Bertz CT molecular complexity index is 827. The maximum absolute atomic E-state index is 12.9. The summed E-state index contributed by atoms with van der Waals surface area (Å²) in [6.45, 7) is -1.53. The lowest BCUT2D eigenvalue weighted by Crippen LogP contribution is -2.35. The molecular formula is C19H18F3NO5. The molecule has 0 radical (unpaired) electrons. The number of esters is 1. The first-order valence-electron chi connectivity index (χ1n) is 8.16. The molecule has 0 bridgehead atoms. The lowest BCUT2D eigenvalue weighted by atomic mass is 10.2. The number of nitrogens with one attached hydrogen (secondary N) is 1. The number of carbonyl (C=O) groups is 2. The number of carbonyl (C=O) groups excluding carboxylic acids is 2. The number of alkyl halides is 2. The van der Waals surface area contributed by atoms with Gasteiger partial charge in [-0.2, -0.15) is 8.78 Å². The van der Waals surface area contributed by atoms with Crippen molar-refractivity contribution in [2.45, 2.75) is 26.2 Å². The monoisotopic (exact) mass is 397 g/mol. The van der Waals surface area contributed by atoms with Crippen LogP contribution in [0.2, 0.25) is 0 Å². The molecule has 0 saturated carbocycles. The Kier molecular flexibility index (Phi) is 7.25. The van der Waals surface area contributed by atoms with Crippen LogP contribution in [-0.4, -0.2) is 31.7 Å².